The van der Waals surface area contributed by atoms with Gasteiger partial charge in [0.05, 0.1) is 5.52 Å². The Labute approximate surface area is 154 Å². The van der Waals surface area contributed by atoms with Crippen molar-refractivity contribution in [1.29, 1.82) is 0 Å². The van der Waals surface area contributed by atoms with Gasteiger partial charge in [0.25, 0.3) is 5.91 Å². The van der Waals surface area contributed by atoms with E-state index >= 15 is 0 Å². The number of hydrogen-bond acceptors (Lipinski definition) is 3. The first-order chi connectivity index (χ1) is 12.7. The maximum absolute atomic E-state index is 12.7. The van der Waals surface area contributed by atoms with Gasteiger partial charge in [-0.15, -0.1) is 0 Å². The lowest BCUT2D eigenvalue weighted by Crippen LogP contribution is -2.26. The fourth-order valence-electron chi connectivity index (χ4n) is 3.14. The second-order valence-corrected chi connectivity index (χ2v) is 6.29. The number of fused-ring (bicyclic) bond motifs is 1. The minimum atomic E-state index is -0.0683. The number of nitrogens with zero attached hydrogens (tertiary/aromatic N) is 2. The molecule has 3 aromatic rings. The van der Waals surface area contributed by atoms with Crippen LogP contribution in [-0.2, 0) is 13.1 Å². The van der Waals surface area contributed by atoms with Crippen LogP contribution in [0, 0.1) is 0 Å². The molecule has 26 heavy (non-hydrogen) atoms. The SMILES string of the molecule is CCN(CC)Cc1ccccc1CNC(=O)c1cccc2ncccc12. The van der Waals surface area contributed by atoms with Crippen molar-refractivity contribution in [2.45, 2.75) is 26.9 Å². The van der Waals surface area contributed by atoms with Crippen molar-refractivity contribution in [2.24, 2.45) is 0 Å². The molecule has 0 saturated heterocycles. The average molecular weight is 347 g/mol. The number of carbonyl (C=O) groups is 1. The molecule has 1 heterocycles. The summed E-state index contributed by atoms with van der Waals surface area (Å²) in [5.74, 6) is -0.0683. The lowest BCUT2D eigenvalue weighted by atomic mass is 10.1. The van der Waals surface area contributed by atoms with Crippen molar-refractivity contribution >= 4 is 16.8 Å². The van der Waals surface area contributed by atoms with E-state index in [1.165, 1.54) is 5.56 Å². The van der Waals surface area contributed by atoms with Gasteiger partial charge in [-0.2, -0.15) is 0 Å². The predicted molar refractivity (Wildman–Crippen MR) is 106 cm³/mol. The molecule has 1 aromatic heterocycles. The molecule has 0 aliphatic heterocycles. The molecule has 0 aliphatic carbocycles. The van der Waals surface area contributed by atoms with Crippen LogP contribution in [0.1, 0.15) is 35.3 Å². The Hall–Kier alpha value is -2.72. The summed E-state index contributed by atoms with van der Waals surface area (Å²) in [6.45, 7) is 7.79. The normalized spacial score (nSPS) is 11.0. The monoisotopic (exact) mass is 347 g/mol. The van der Waals surface area contributed by atoms with E-state index in [2.05, 4.69) is 47.2 Å². The highest BCUT2D eigenvalue weighted by molar-refractivity contribution is 6.06. The number of carbonyl (C=O) groups excluding carboxylic acids is 1. The van der Waals surface area contributed by atoms with E-state index in [-0.39, 0.29) is 5.91 Å². The van der Waals surface area contributed by atoms with Crippen molar-refractivity contribution in [3.05, 3.63) is 77.5 Å². The number of benzene rings is 2. The van der Waals surface area contributed by atoms with Crippen LogP contribution in [0.25, 0.3) is 10.9 Å². The zero-order valence-corrected chi connectivity index (χ0v) is 15.4. The molecule has 3 rings (SSSR count). The fraction of sp³-hybridized carbons (Fsp3) is 0.273. The summed E-state index contributed by atoms with van der Waals surface area (Å²) in [5.41, 5.74) is 3.92. The molecule has 0 radical (unpaired) electrons. The Balaban J connectivity index is 1.76. The Morgan fingerprint density at radius 1 is 0.962 bits per heavy atom. The summed E-state index contributed by atoms with van der Waals surface area (Å²) >= 11 is 0. The van der Waals surface area contributed by atoms with Gasteiger partial charge in [-0.25, -0.2) is 0 Å². The highest BCUT2D eigenvalue weighted by Crippen LogP contribution is 2.17. The Morgan fingerprint density at radius 2 is 1.73 bits per heavy atom. The van der Waals surface area contributed by atoms with E-state index in [1.54, 1.807) is 6.20 Å². The topological polar surface area (TPSA) is 45.2 Å². The first-order valence-corrected chi connectivity index (χ1v) is 9.14. The fourth-order valence-corrected chi connectivity index (χ4v) is 3.14. The maximum Gasteiger partial charge on any atom is 0.252 e. The molecule has 4 heteroatoms. The second kappa shape index (κ2) is 8.59. The van der Waals surface area contributed by atoms with E-state index < -0.39 is 0 Å². The van der Waals surface area contributed by atoms with Crippen LogP contribution in [0.15, 0.2) is 60.8 Å². The van der Waals surface area contributed by atoms with Gasteiger partial charge >= 0.3 is 0 Å². The average Bonchev–Trinajstić information content (AvgIpc) is 2.70. The van der Waals surface area contributed by atoms with Gasteiger partial charge in [0.15, 0.2) is 0 Å². The Morgan fingerprint density at radius 3 is 2.50 bits per heavy atom. The minimum Gasteiger partial charge on any atom is -0.348 e. The highest BCUT2D eigenvalue weighted by Gasteiger charge is 2.11. The van der Waals surface area contributed by atoms with Crippen LogP contribution < -0.4 is 5.32 Å². The smallest absolute Gasteiger partial charge is 0.252 e. The number of hydrogen-bond donors (Lipinski definition) is 1. The molecule has 134 valence electrons. The van der Waals surface area contributed by atoms with Gasteiger partial charge < -0.3 is 5.32 Å². The molecular weight excluding hydrogens is 322 g/mol. The molecule has 0 aliphatic rings. The van der Waals surface area contributed by atoms with E-state index in [9.17, 15) is 4.79 Å². The number of aromatic nitrogens is 1. The largest absolute Gasteiger partial charge is 0.348 e. The Bertz CT molecular complexity index is 882. The van der Waals surface area contributed by atoms with E-state index in [0.29, 0.717) is 12.1 Å². The molecule has 1 N–H and O–H groups in total. The van der Waals surface area contributed by atoms with Crippen LogP contribution in [0.2, 0.25) is 0 Å². The molecule has 0 saturated carbocycles. The molecule has 2 aromatic carbocycles. The second-order valence-electron chi connectivity index (χ2n) is 6.29. The lowest BCUT2D eigenvalue weighted by Gasteiger charge is -2.20. The number of rotatable bonds is 7. The third-order valence-electron chi connectivity index (χ3n) is 4.74. The van der Waals surface area contributed by atoms with Crippen molar-refractivity contribution in [3.8, 4) is 0 Å². The summed E-state index contributed by atoms with van der Waals surface area (Å²) in [6, 6.07) is 17.7. The molecular formula is C22H25N3O. The van der Waals surface area contributed by atoms with E-state index in [1.807, 2.05) is 36.4 Å². The number of pyridine rings is 1. The van der Waals surface area contributed by atoms with E-state index in [0.717, 1.165) is 36.1 Å². The van der Waals surface area contributed by atoms with Crippen molar-refractivity contribution in [2.75, 3.05) is 13.1 Å². The van der Waals surface area contributed by atoms with E-state index in [4.69, 9.17) is 0 Å². The number of amides is 1. The first kappa shape index (κ1) is 18.1. The third-order valence-corrected chi connectivity index (χ3v) is 4.74. The summed E-state index contributed by atoms with van der Waals surface area (Å²) in [6.07, 6.45) is 1.74. The zero-order chi connectivity index (χ0) is 18.4. The quantitative estimate of drug-likeness (QED) is 0.702. The number of nitrogens with one attached hydrogen (secondary N) is 1. The summed E-state index contributed by atoms with van der Waals surface area (Å²) in [4.78, 5) is 19.4. The van der Waals surface area contributed by atoms with Gasteiger partial charge in [0, 0.05) is 30.2 Å². The molecule has 0 spiro atoms. The standard InChI is InChI=1S/C22H25N3O/c1-3-25(4-2)16-18-10-6-5-9-17(18)15-24-22(26)20-11-7-13-21-19(20)12-8-14-23-21/h5-14H,3-4,15-16H2,1-2H3,(H,24,26). The van der Waals surface area contributed by atoms with Crippen LogP contribution in [-0.4, -0.2) is 28.9 Å². The highest BCUT2D eigenvalue weighted by atomic mass is 16.1. The van der Waals surface area contributed by atoms with Crippen LogP contribution in [0.5, 0.6) is 0 Å². The molecule has 0 bridgehead atoms. The van der Waals surface area contributed by atoms with Crippen LogP contribution in [0.3, 0.4) is 0 Å². The van der Waals surface area contributed by atoms with Crippen molar-refractivity contribution < 1.29 is 4.79 Å². The molecule has 0 unspecified atom stereocenters. The summed E-state index contributed by atoms with van der Waals surface area (Å²) in [7, 11) is 0. The van der Waals surface area contributed by atoms with Crippen LogP contribution in [0.4, 0.5) is 0 Å². The molecule has 0 atom stereocenters. The van der Waals surface area contributed by atoms with Gasteiger partial charge in [0.1, 0.15) is 0 Å². The molecule has 4 nitrogen and oxygen atoms in total. The minimum absolute atomic E-state index is 0.0683. The summed E-state index contributed by atoms with van der Waals surface area (Å²) < 4.78 is 0. The summed E-state index contributed by atoms with van der Waals surface area (Å²) in [5, 5.41) is 3.95. The first-order valence-electron chi connectivity index (χ1n) is 9.14. The van der Waals surface area contributed by atoms with Gasteiger partial charge in [-0.05, 0) is 42.4 Å². The van der Waals surface area contributed by atoms with Gasteiger partial charge in [-0.3, -0.25) is 14.7 Å². The molecule has 0 fully saturated rings. The lowest BCUT2D eigenvalue weighted by molar-refractivity contribution is 0.0952. The van der Waals surface area contributed by atoms with Crippen molar-refractivity contribution in [1.82, 2.24) is 15.2 Å². The maximum atomic E-state index is 12.7. The van der Waals surface area contributed by atoms with Gasteiger partial charge in [0.2, 0.25) is 0 Å². The molecule has 1 amide bonds. The van der Waals surface area contributed by atoms with Crippen LogP contribution >= 0.6 is 0 Å². The third kappa shape index (κ3) is 4.09. The van der Waals surface area contributed by atoms with Gasteiger partial charge in [-0.1, -0.05) is 50.2 Å². The zero-order valence-electron chi connectivity index (χ0n) is 15.4. The predicted octanol–water partition coefficient (Wildman–Crippen LogP) is 4.01. The Kier molecular flexibility index (Phi) is 5.97. The van der Waals surface area contributed by atoms with Crippen molar-refractivity contribution in [3.63, 3.8) is 0 Å².